The average molecular weight is 323 g/mol. The normalized spacial score (nSPS) is 10.8. The van der Waals surface area contributed by atoms with Crippen LogP contribution in [0.2, 0.25) is 0 Å². The Kier molecular flexibility index (Phi) is 5.02. The van der Waals surface area contributed by atoms with Crippen molar-refractivity contribution in [1.29, 1.82) is 0 Å². The van der Waals surface area contributed by atoms with E-state index in [-0.39, 0.29) is 0 Å². The van der Waals surface area contributed by atoms with Crippen LogP contribution in [0.1, 0.15) is 38.3 Å². The molecule has 2 N–H and O–H groups in total. The third-order valence-corrected chi connectivity index (χ3v) is 3.72. The van der Waals surface area contributed by atoms with Gasteiger partial charge in [0.2, 0.25) is 5.88 Å². The summed E-state index contributed by atoms with van der Waals surface area (Å²) in [5.74, 6) is 0.410. The molecule has 0 radical (unpaired) electrons. The molecule has 0 fully saturated rings. The fourth-order valence-electron chi connectivity index (χ4n) is 2.15. The van der Waals surface area contributed by atoms with Gasteiger partial charge in [0.1, 0.15) is 0 Å². The van der Waals surface area contributed by atoms with Gasteiger partial charge < -0.3 is 10.3 Å². The number of nitrogens with two attached hydrogens (primary N) is 1. The van der Waals surface area contributed by atoms with Gasteiger partial charge in [0.15, 0.2) is 0 Å². The lowest BCUT2D eigenvalue weighted by Gasteiger charge is -2.03. The number of aryl methyl sites for hydroxylation is 1. The first-order valence-corrected chi connectivity index (χ1v) is 7.51. The zero-order valence-electron chi connectivity index (χ0n) is 11.2. The van der Waals surface area contributed by atoms with Gasteiger partial charge in [-0.25, -0.2) is 0 Å². The summed E-state index contributed by atoms with van der Waals surface area (Å²) in [5.41, 5.74) is 8.88. The number of nitrogen functional groups attached to an aromatic ring is 1. The maximum absolute atomic E-state index is 5.90. The number of aromatic nitrogens is 1. The zero-order chi connectivity index (χ0) is 13.7. The number of anilines is 1. The van der Waals surface area contributed by atoms with Gasteiger partial charge in [-0.3, -0.25) is 0 Å². The summed E-state index contributed by atoms with van der Waals surface area (Å²) >= 11 is 3.43. The number of hydrogen-bond donors (Lipinski definition) is 1. The summed E-state index contributed by atoms with van der Waals surface area (Å²) in [6, 6.07) is 8.07. The van der Waals surface area contributed by atoms with Crippen LogP contribution in [0.15, 0.2) is 33.3 Å². The predicted octanol–water partition coefficient (Wildman–Crippen LogP) is 4.81. The SMILES string of the molecule is CCCCCCc1noc(N)c1-c1ccc(Br)cc1. The van der Waals surface area contributed by atoms with E-state index in [4.69, 9.17) is 10.3 Å². The minimum Gasteiger partial charge on any atom is -0.367 e. The summed E-state index contributed by atoms with van der Waals surface area (Å²) in [4.78, 5) is 0. The minimum atomic E-state index is 0.410. The second kappa shape index (κ2) is 6.75. The number of halogens is 1. The smallest absolute Gasteiger partial charge is 0.230 e. The van der Waals surface area contributed by atoms with Crippen molar-refractivity contribution in [2.45, 2.75) is 39.0 Å². The molecule has 0 aliphatic heterocycles. The van der Waals surface area contributed by atoms with Crippen molar-refractivity contribution < 1.29 is 4.52 Å². The van der Waals surface area contributed by atoms with Gasteiger partial charge in [-0.05, 0) is 30.5 Å². The summed E-state index contributed by atoms with van der Waals surface area (Å²) in [5, 5.41) is 4.10. The van der Waals surface area contributed by atoms with Crippen LogP contribution in [0.25, 0.3) is 11.1 Å². The zero-order valence-corrected chi connectivity index (χ0v) is 12.7. The summed E-state index contributed by atoms with van der Waals surface area (Å²) in [7, 11) is 0. The Morgan fingerprint density at radius 1 is 1.16 bits per heavy atom. The van der Waals surface area contributed by atoms with Gasteiger partial charge in [-0.1, -0.05) is 59.4 Å². The van der Waals surface area contributed by atoms with Gasteiger partial charge in [-0.2, -0.15) is 0 Å². The third kappa shape index (κ3) is 3.60. The van der Waals surface area contributed by atoms with E-state index in [1.807, 2.05) is 24.3 Å². The van der Waals surface area contributed by atoms with E-state index in [1.165, 1.54) is 19.3 Å². The Morgan fingerprint density at radius 2 is 1.89 bits per heavy atom. The summed E-state index contributed by atoms with van der Waals surface area (Å²) < 4.78 is 6.21. The Balaban J connectivity index is 2.15. The van der Waals surface area contributed by atoms with E-state index in [1.54, 1.807) is 0 Å². The van der Waals surface area contributed by atoms with Crippen LogP contribution in [-0.2, 0) is 6.42 Å². The maximum Gasteiger partial charge on any atom is 0.230 e. The van der Waals surface area contributed by atoms with Crippen molar-refractivity contribution in [3.05, 3.63) is 34.4 Å². The van der Waals surface area contributed by atoms with Crippen LogP contribution in [0.4, 0.5) is 5.88 Å². The Bertz CT molecular complexity index is 519. The highest BCUT2D eigenvalue weighted by molar-refractivity contribution is 9.10. The summed E-state index contributed by atoms with van der Waals surface area (Å²) in [6.45, 7) is 2.21. The van der Waals surface area contributed by atoms with E-state index in [2.05, 4.69) is 28.0 Å². The monoisotopic (exact) mass is 322 g/mol. The first kappa shape index (κ1) is 14.1. The summed E-state index contributed by atoms with van der Waals surface area (Å²) in [6.07, 6.45) is 5.78. The molecule has 0 saturated heterocycles. The largest absolute Gasteiger partial charge is 0.367 e. The van der Waals surface area contributed by atoms with E-state index in [9.17, 15) is 0 Å². The lowest BCUT2D eigenvalue weighted by Crippen LogP contribution is -1.92. The van der Waals surface area contributed by atoms with Gasteiger partial charge in [0, 0.05) is 4.47 Å². The fraction of sp³-hybridized carbons (Fsp3) is 0.400. The Hall–Kier alpha value is -1.29. The molecule has 0 atom stereocenters. The van der Waals surface area contributed by atoms with Crippen LogP contribution in [-0.4, -0.2) is 5.16 Å². The minimum absolute atomic E-state index is 0.410. The molecule has 3 nitrogen and oxygen atoms in total. The van der Waals surface area contributed by atoms with Gasteiger partial charge in [0.05, 0.1) is 11.3 Å². The van der Waals surface area contributed by atoms with E-state index >= 15 is 0 Å². The molecule has 4 heteroatoms. The molecule has 2 rings (SSSR count). The van der Waals surface area contributed by atoms with Crippen molar-refractivity contribution in [3.63, 3.8) is 0 Å². The molecule has 0 aliphatic rings. The van der Waals surface area contributed by atoms with Crippen molar-refractivity contribution in [2.24, 2.45) is 0 Å². The van der Waals surface area contributed by atoms with Crippen LogP contribution in [0, 0.1) is 0 Å². The van der Waals surface area contributed by atoms with Crippen LogP contribution in [0.3, 0.4) is 0 Å². The highest BCUT2D eigenvalue weighted by atomic mass is 79.9. The molecule has 0 bridgehead atoms. The molecule has 0 amide bonds. The molecule has 0 aliphatic carbocycles. The Morgan fingerprint density at radius 3 is 2.58 bits per heavy atom. The van der Waals surface area contributed by atoms with E-state index in [0.717, 1.165) is 34.1 Å². The van der Waals surface area contributed by atoms with Crippen molar-refractivity contribution in [2.75, 3.05) is 5.73 Å². The lowest BCUT2D eigenvalue weighted by molar-refractivity contribution is 0.426. The number of hydrogen-bond acceptors (Lipinski definition) is 3. The number of rotatable bonds is 6. The number of benzene rings is 1. The molecule has 0 spiro atoms. The number of nitrogens with zero attached hydrogens (tertiary/aromatic N) is 1. The van der Waals surface area contributed by atoms with Gasteiger partial charge in [-0.15, -0.1) is 0 Å². The molecule has 1 aromatic heterocycles. The molecule has 0 saturated carbocycles. The average Bonchev–Trinajstić information content (AvgIpc) is 2.77. The first-order chi connectivity index (χ1) is 9.22. The van der Waals surface area contributed by atoms with Crippen molar-refractivity contribution in [3.8, 4) is 11.1 Å². The molecule has 0 unspecified atom stereocenters. The van der Waals surface area contributed by atoms with Gasteiger partial charge >= 0.3 is 0 Å². The highest BCUT2D eigenvalue weighted by Crippen LogP contribution is 2.31. The Labute approximate surface area is 122 Å². The fourth-order valence-corrected chi connectivity index (χ4v) is 2.42. The predicted molar refractivity (Wildman–Crippen MR) is 81.9 cm³/mol. The molecule has 2 aromatic rings. The topological polar surface area (TPSA) is 52.0 Å². The van der Waals surface area contributed by atoms with Gasteiger partial charge in [0.25, 0.3) is 0 Å². The molecule has 1 aromatic carbocycles. The second-order valence-electron chi connectivity index (χ2n) is 4.69. The molecular weight excluding hydrogens is 304 g/mol. The van der Waals surface area contributed by atoms with Crippen LogP contribution >= 0.6 is 15.9 Å². The quantitative estimate of drug-likeness (QED) is 0.776. The van der Waals surface area contributed by atoms with Crippen molar-refractivity contribution >= 4 is 21.8 Å². The molecule has 19 heavy (non-hydrogen) atoms. The van der Waals surface area contributed by atoms with E-state index in [0.29, 0.717) is 5.88 Å². The third-order valence-electron chi connectivity index (χ3n) is 3.19. The van der Waals surface area contributed by atoms with Crippen LogP contribution in [0.5, 0.6) is 0 Å². The van der Waals surface area contributed by atoms with E-state index < -0.39 is 0 Å². The lowest BCUT2D eigenvalue weighted by atomic mass is 10.0. The highest BCUT2D eigenvalue weighted by Gasteiger charge is 2.15. The standard InChI is InChI=1S/C15H19BrN2O/c1-2-3-4-5-6-13-14(15(17)19-18-13)11-7-9-12(16)10-8-11/h7-10H,2-6,17H2,1H3. The molecule has 102 valence electrons. The van der Waals surface area contributed by atoms with Crippen LogP contribution < -0.4 is 5.73 Å². The number of unbranched alkanes of at least 4 members (excludes halogenated alkanes) is 3. The van der Waals surface area contributed by atoms with Crippen molar-refractivity contribution in [1.82, 2.24) is 5.16 Å². The molecule has 1 heterocycles. The molecular formula is C15H19BrN2O. The first-order valence-electron chi connectivity index (χ1n) is 6.72. The maximum atomic E-state index is 5.90. The second-order valence-corrected chi connectivity index (χ2v) is 5.60.